The maximum atomic E-state index is 11.5. The highest BCUT2D eigenvalue weighted by atomic mass is 16.5. The first-order chi connectivity index (χ1) is 8.04. The van der Waals surface area contributed by atoms with E-state index in [1.165, 1.54) is 0 Å². The largest absolute Gasteiger partial charge is 0.494 e. The van der Waals surface area contributed by atoms with E-state index in [0.29, 0.717) is 6.61 Å². The van der Waals surface area contributed by atoms with E-state index in [2.05, 4.69) is 5.32 Å². The lowest BCUT2D eigenvalue weighted by Crippen LogP contribution is -2.39. The molecule has 1 aromatic rings. The van der Waals surface area contributed by atoms with Crippen molar-refractivity contribution in [1.82, 2.24) is 5.32 Å². The molecule has 0 aliphatic rings. The number of hydrogen-bond acceptors (Lipinski definition) is 3. The van der Waals surface area contributed by atoms with Crippen LogP contribution in [-0.4, -0.2) is 18.6 Å². The first-order valence-electron chi connectivity index (χ1n) is 5.83. The van der Waals surface area contributed by atoms with E-state index in [4.69, 9.17) is 10.5 Å². The number of nitrogens with two attached hydrogens (primary N) is 1. The molecule has 0 unspecified atom stereocenters. The van der Waals surface area contributed by atoms with Gasteiger partial charge in [-0.2, -0.15) is 0 Å². The normalized spacial score (nSPS) is 13.9. The Morgan fingerprint density at radius 2 is 2.18 bits per heavy atom. The topological polar surface area (TPSA) is 64.3 Å². The maximum absolute atomic E-state index is 11.5. The van der Waals surface area contributed by atoms with Crippen molar-refractivity contribution >= 4 is 5.91 Å². The number of carbonyl (C=O) groups is 1. The van der Waals surface area contributed by atoms with Crippen LogP contribution in [0.15, 0.2) is 24.3 Å². The third-order valence-electron chi connectivity index (χ3n) is 2.44. The highest BCUT2D eigenvalue weighted by molar-refractivity contribution is 5.81. The molecule has 0 saturated carbocycles. The van der Waals surface area contributed by atoms with Crippen molar-refractivity contribution in [3.8, 4) is 5.75 Å². The summed E-state index contributed by atoms with van der Waals surface area (Å²) >= 11 is 0. The fraction of sp³-hybridized carbons (Fsp3) is 0.462. The number of amides is 1. The van der Waals surface area contributed by atoms with Gasteiger partial charge < -0.3 is 15.8 Å². The highest BCUT2D eigenvalue weighted by Gasteiger charge is 2.12. The first-order valence-corrected chi connectivity index (χ1v) is 5.83. The van der Waals surface area contributed by atoms with Gasteiger partial charge in [0.25, 0.3) is 0 Å². The van der Waals surface area contributed by atoms with E-state index in [9.17, 15) is 4.79 Å². The average molecular weight is 236 g/mol. The molecule has 2 atom stereocenters. The minimum absolute atomic E-state index is 0.0751. The van der Waals surface area contributed by atoms with Gasteiger partial charge in [0.05, 0.1) is 18.7 Å². The zero-order valence-electron chi connectivity index (χ0n) is 10.6. The molecule has 0 spiro atoms. The predicted molar refractivity (Wildman–Crippen MR) is 67.8 cm³/mol. The van der Waals surface area contributed by atoms with Crippen molar-refractivity contribution in [2.45, 2.75) is 32.9 Å². The van der Waals surface area contributed by atoms with Crippen molar-refractivity contribution in [1.29, 1.82) is 0 Å². The molecule has 1 rings (SSSR count). The Bertz CT molecular complexity index is 377. The second-order valence-corrected chi connectivity index (χ2v) is 4.02. The summed E-state index contributed by atoms with van der Waals surface area (Å²) in [5, 5.41) is 2.85. The molecule has 0 bridgehead atoms. The van der Waals surface area contributed by atoms with Gasteiger partial charge in [-0.3, -0.25) is 4.79 Å². The lowest BCUT2D eigenvalue weighted by molar-refractivity contribution is -0.122. The zero-order valence-corrected chi connectivity index (χ0v) is 10.6. The Balaban J connectivity index is 2.71. The second kappa shape index (κ2) is 6.25. The van der Waals surface area contributed by atoms with Crippen LogP contribution in [0.5, 0.6) is 5.75 Å². The van der Waals surface area contributed by atoms with Crippen LogP contribution in [0.3, 0.4) is 0 Å². The minimum atomic E-state index is -0.493. The number of hydrogen-bond donors (Lipinski definition) is 2. The van der Waals surface area contributed by atoms with E-state index in [-0.39, 0.29) is 11.9 Å². The van der Waals surface area contributed by atoms with Crippen LogP contribution in [-0.2, 0) is 4.79 Å². The van der Waals surface area contributed by atoms with Gasteiger partial charge in [0.15, 0.2) is 0 Å². The summed E-state index contributed by atoms with van der Waals surface area (Å²) in [5.74, 6) is 0.659. The SMILES string of the molecule is CCOc1cccc([C@@H](C)NC(=O)[C@@H](C)N)c1. The molecule has 0 fully saturated rings. The molecule has 0 heterocycles. The zero-order chi connectivity index (χ0) is 12.8. The molecule has 0 aromatic heterocycles. The second-order valence-electron chi connectivity index (χ2n) is 4.02. The van der Waals surface area contributed by atoms with Gasteiger partial charge in [-0.25, -0.2) is 0 Å². The smallest absolute Gasteiger partial charge is 0.237 e. The maximum Gasteiger partial charge on any atom is 0.237 e. The van der Waals surface area contributed by atoms with Gasteiger partial charge in [0.1, 0.15) is 5.75 Å². The average Bonchev–Trinajstić information content (AvgIpc) is 2.29. The summed E-state index contributed by atoms with van der Waals surface area (Å²) in [6.07, 6.45) is 0. The van der Waals surface area contributed by atoms with E-state index >= 15 is 0 Å². The molecule has 1 amide bonds. The Kier molecular flexibility index (Phi) is 4.97. The molecular formula is C13H20N2O2. The fourth-order valence-electron chi connectivity index (χ4n) is 1.47. The van der Waals surface area contributed by atoms with Gasteiger partial charge in [0.2, 0.25) is 5.91 Å². The van der Waals surface area contributed by atoms with Gasteiger partial charge in [-0.15, -0.1) is 0 Å². The van der Waals surface area contributed by atoms with Crippen LogP contribution < -0.4 is 15.8 Å². The van der Waals surface area contributed by atoms with Crippen LogP contribution in [0.2, 0.25) is 0 Å². The van der Waals surface area contributed by atoms with Crippen LogP contribution in [0, 0.1) is 0 Å². The quantitative estimate of drug-likeness (QED) is 0.816. The van der Waals surface area contributed by atoms with Crippen LogP contribution >= 0.6 is 0 Å². The molecule has 1 aromatic carbocycles. The van der Waals surface area contributed by atoms with E-state index in [1.54, 1.807) is 6.92 Å². The fourth-order valence-corrected chi connectivity index (χ4v) is 1.47. The first kappa shape index (κ1) is 13.5. The summed E-state index contributed by atoms with van der Waals surface area (Å²) in [6.45, 7) is 6.15. The molecular weight excluding hydrogens is 216 g/mol. The molecule has 4 heteroatoms. The standard InChI is InChI=1S/C13H20N2O2/c1-4-17-12-7-5-6-11(8-12)10(3)15-13(16)9(2)14/h5-10H,4,14H2,1-3H3,(H,15,16)/t9-,10-/m1/s1. The predicted octanol–water partition coefficient (Wildman–Crippen LogP) is 1.61. The molecule has 3 N–H and O–H groups in total. The summed E-state index contributed by atoms with van der Waals surface area (Å²) in [4.78, 5) is 11.5. The van der Waals surface area contributed by atoms with E-state index in [1.807, 2.05) is 38.1 Å². The van der Waals surface area contributed by atoms with Crippen molar-refractivity contribution in [3.63, 3.8) is 0 Å². The van der Waals surface area contributed by atoms with Crippen molar-refractivity contribution in [3.05, 3.63) is 29.8 Å². The van der Waals surface area contributed by atoms with Crippen molar-refractivity contribution in [2.24, 2.45) is 5.73 Å². The molecule has 0 aliphatic heterocycles. The lowest BCUT2D eigenvalue weighted by Gasteiger charge is -2.16. The van der Waals surface area contributed by atoms with Crippen LogP contribution in [0.25, 0.3) is 0 Å². The number of rotatable bonds is 5. The summed E-state index contributed by atoms with van der Waals surface area (Å²) in [5.41, 5.74) is 6.51. The third-order valence-corrected chi connectivity index (χ3v) is 2.44. The molecule has 94 valence electrons. The monoisotopic (exact) mass is 236 g/mol. The van der Waals surface area contributed by atoms with Crippen LogP contribution in [0.4, 0.5) is 0 Å². The minimum Gasteiger partial charge on any atom is -0.494 e. The Labute approximate surface area is 102 Å². The van der Waals surface area contributed by atoms with Gasteiger partial charge in [-0.1, -0.05) is 12.1 Å². The van der Waals surface area contributed by atoms with Gasteiger partial charge in [0, 0.05) is 0 Å². The Morgan fingerprint density at radius 1 is 1.47 bits per heavy atom. The van der Waals surface area contributed by atoms with E-state index < -0.39 is 6.04 Å². The number of carbonyl (C=O) groups excluding carboxylic acids is 1. The summed E-state index contributed by atoms with van der Waals surface area (Å²) in [6, 6.07) is 7.12. The van der Waals surface area contributed by atoms with Crippen LogP contribution in [0.1, 0.15) is 32.4 Å². The number of ether oxygens (including phenoxy) is 1. The molecule has 0 radical (unpaired) electrons. The number of benzene rings is 1. The molecule has 17 heavy (non-hydrogen) atoms. The summed E-state index contributed by atoms with van der Waals surface area (Å²) in [7, 11) is 0. The van der Waals surface area contributed by atoms with E-state index in [0.717, 1.165) is 11.3 Å². The van der Waals surface area contributed by atoms with Gasteiger partial charge >= 0.3 is 0 Å². The number of nitrogens with one attached hydrogen (secondary N) is 1. The molecule has 4 nitrogen and oxygen atoms in total. The summed E-state index contributed by atoms with van der Waals surface area (Å²) < 4.78 is 5.41. The highest BCUT2D eigenvalue weighted by Crippen LogP contribution is 2.19. The lowest BCUT2D eigenvalue weighted by atomic mass is 10.1. The third kappa shape index (κ3) is 4.07. The molecule has 0 saturated heterocycles. The Morgan fingerprint density at radius 3 is 2.76 bits per heavy atom. The Hall–Kier alpha value is -1.55. The van der Waals surface area contributed by atoms with Crippen molar-refractivity contribution in [2.75, 3.05) is 6.61 Å². The molecule has 0 aliphatic carbocycles. The van der Waals surface area contributed by atoms with Gasteiger partial charge in [-0.05, 0) is 38.5 Å². The van der Waals surface area contributed by atoms with Crippen molar-refractivity contribution < 1.29 is 9.53 Å².